The van der Waals surface area contributed by atoms with Gasteiger partial charge >= 0.3 is 0 Å². The summed E-state index contributed by atoms with van der Waals surface area (Å²) in [6, 6.07) is 8.88. The van der Waals surface area contributed by atoms with Gasteiger partial charge in [-0.3, -0.25) is 0 Å². The lowest BCUT2D eigenvalue weighted by atomic mass is 9.81. The van der Waals surface area contributed by atoms with Crippen LogP contribution < -0.4 is 4.90 Å². The summed E-state index contributed by atoms with van der Waals surface area (Å²) in [6.45, 7) is 2.47. The van der Waals surface area contributed by atoms with E-state index < -0.39 is 0 Å². The van der Waals surface area contributed by atoms with Crippen LogP contribution in [0.15, 0.2) is 24.3 Å². The van der Waals surface area contributed by atoms with Gasteiger partial charge in [0.1, 0.15) is 0 Å². The molecule has 0 saturated heterocycles. The molecule has 17 heavy (non-hydrogen) atoms. The number of anilines is 1. The third-order valence-corrected chi connectivity index (χ3v) is 4.46. The van der Waals surface area contributed by atoms with Crippen molar-refractivity contribution in [2.24, 2.45) is 0 Å². The van der Waals surface area contributed by atoms with Crippen LogP contribution in [-0.4, -0.2) is 24.8 Å². The van der Waals surface area contributed by atoms with Crippen LogP contribution >= 0.6 is 0 Å². The molecule has 0 aromatic heterocycles. The summed E-state index contributed by atoms with van der Waals surface area (Å²) in [5.41, 5.74) is 3.42. The Kier molecular flexibility index (Phi) is 2.83. The van der Waals surface area contributed by atoms with Crippen LogP contribution in [0, 0.1) is 0 Å². The van der Waals surface area contributed by atoms with Crippen LogP contribution in [0.25, 0.3) is 0 Å². The lowest BCUT2D eigenvalue weighted by Crippen LogP contribution is -2.32. The summed E-state index contributed by atoms with van der Waals surface area (Å²) in [7, 11) is 0. The summed E-state index contributed by atoms with van der Waals surface area (Å²) in [5, 5.41) is 9.00. The molecule has 2 heteroatoms. The van der Waals surface area contributed by atoms with E-state index in [1.54, 1.807) is 5.56 Å². The molecule has 0 unspecified atom stereocenters. The van der Waals surface area contributed by atoms with Crippen molar-refractivity contribution in [1.82, 2.24) is 0 Å². The maximum Gasteiger partial charge on any atom is 0.0447 e. The van der Waals surface area contributed by atoms with E-state index in [-0.39, 0.29) is 0 Å². The van der Waals surface area contributed by atoms with Crippen LogP contribution in [-0.2, 0) is 5.41 Å². The van der Waals surface area contributed by atoms with Crippen molar-refractivity contribution in [1.29, 1.82) is 0 Å². The minimum absolute atomic E-state index is 0.297. The van der Waals surface area contributed by atoms with Gasteiger partial charge in [-0.1, -0.05) is 31.0 Å². The molecule has 0 amide bonds. The molecular weight excluding hydrogens is 210 g/mol. The van der Waals surface area contributed by atoms with Crippen molar-refractivity contribution in [3.8, 4) is 0 Å². The van der Waals surface area contributed by atoms with Gasteiger partial charge in [-0.05, 0) is 30.9 Å². The fraction of sp³-hybridized carbons (Fsp3) is 0.600. The second-order valence-corrected chi connectivity index (χ2v) is 5.50. The molecule has 1 aromatic carbocycles. The minimum atomic E-state index is 0.297. The zero-order valence-corrected chi connectivity index (χ0v) is 10.4. The topological polar surface area (TPSA) is 23.5 Å². The van der Waals surface area contributed by atoms with Gasteiger partial charge in [0.15, 0.2) is 0 Å². The highest BCUT2D eigenvalue weighted by molar-refractivity contribution is 5.63. The van der Waals surface area contributed by atoms with Crippen molar-refractivity contribution < 1.29 is 5.11 Å². The molecule has 1 fully saturated rings. The molecule has 0 radical (unpaired) electrons. The molecule has 0 bridgehead atoms. The number of aliphatic hydroxyl groups is 1. The minimum Gasteiger partial charge on any atom is -0.396 e. The molecule has 1 aliphatic heterocycles. The first kappa shape index (κ1) is 11.1. The lowest BCUT2D eigenvalue weighted by Gasteiger charge is -2.25. The van der Waals surface area contributed by atoms with Gasteiger partial charge in [0, 0.05) is 30.8 Å². The van der Waals surface area contributed by atoms with Gasteiger partial charge in [0.05, 0.1) is 0 Å². The second kappa shape index (κ2) is 4.34. The first-order chi connectivity index (χ1) is 8.36. The molecule has 3 rings (SSSR count). The van der Waals surface area contributed by atoms with Crippen molar-refractivity contribution in [2.75, 3.05) is 24.6 Å². The Bertz CT molecular complexity index is 396. The maximum atomic E-state index is 9.00. The zero-order valence-electron chi connectivity index (χ0n) is 10.4. The fourth-order valence-corrected chi connectivity index (χ4v) is 3.67. The molecular formula is C15H21NO. The number of benzene rings is 1. The van der Waals surface area contributed by atoms with Crippen LogP contribution in [0.3, 0.4) is 0 Å². The highest BCUT2D eigenvalue weighted by Gasteiger charge is 2.43. The van der Waals surface area contributed by atoms with Crippen molar-refractivity contribution in [2.45, 2.75) is 37.5 Å². The third-order valence-electron chi connectivity index (χ3n) is 4.46. The highest BCUT2D eigenvalue weighted by Crippen LogP contribution is 2.50. The SMILES string of the molecule is OCCCN1CC2(CCCC2)c2ccccc21. The van der Waals surface area contributed by atoms with Gasteiger partial charge in [-0.25, -0.2) is 0 Å². The zero-order chi connectivity index (χ0) is 11.7. The van der Waals surface area contributed by atoms with E-state index in [0.717, 1.165) is 13.0 Å². The van der Waals surface area contributed by atoms with Crippen LogP contribution in [0.2, 0.25) is 0 Å². The first-order valence-corrected chi connectivity index (χ1v) is 6.81. The Hall–Kier alpha value is -1.02. The van der Waals surface area contributed by atoms with E-state index in [1.807, 2.05) is 0 Å². The molecule has 1 aliphatic carbocycles. The van der Waals surface area contributed by atoms with Crippen molar-refractivity contribution in [3.05, 3.63) is 29.8 Å². The van der Waals surface area contributed by atoms with Gasteiger partial charge < -0.3 is 10.0 Å². The monoisotopic (exact) mass is 231 g/mol. The Labute approximate surface area is 103 Å². The summed E-state index contributed by atoms with van der Waals surface area (Å²) in [4.78, 5) is 2.48. The van der Waals surface area contributed by atoms with Crippen LogP contribution in [0.1, 0.15) is 37.7 Å². The molecule has 2 aliphatic rings. The average molecular weight is 231 g/mol. The Morgan fingerprint density at radius 1 is 1.18 bits per heavy atom. The lowest BCUT2D eigenvalue weighted by molar-refractivity contribution is 0.288. The smallest absolute Gasteiger partial charge is 0.0447 e. The van der Waals surface area contributed by atoms with Gasteiger partial charge in [-0.2, -0.15) is 0 Å². The molecule has 1 spiro atoms. The predicted molar refractivity (Wildman–Crippen MR) is 70.5 cm³/mol. The van der Waals surface area contributed by atoms with E-state index in [0.29, 0.717) is 12.0 Å². The Balaban J connectivity index is 1.92. The van der Waals surface area contributed by atoms with Crippen molar-refractivity contribution >= 4 is 5.69 Å². The summed E-state index contributed by atoms with van der Waals surface area (Å²) >= 11 is 0. The Morgan fingerprint density at radius 3 is 2.71 bits per heavy atom. The number of aliphatic hydroxyl groups excluding tert-OH is 1. The number of fused-ring (bicyclic) bond motifs is 2. The van der Waals surface area contributed by atoms with Crippen molar-refractivity contribution in [3.63, 3.8) is 0 Å². The van der Waals surface area contributed by atoms with Crippen LogP contribution in [0.5, 0.6) is 0 Å². The predicted octanol–water partition coefficient (Wildman–Crippen LogP) is 2.70. The summed E-state index contributed by atoms with van der Waals surface area (Å²) in [6.07, 6.45) is 6.33. The van der Waals surface area contributed by atoms with E-state index in [9.17, 15) is 0 Å². The Morgan fingerprint density at radius 2 is 1.94 bits per heavy atom. The number of para-hydroxylation sites is 1. The average Bonchev–Trinajstić information content (AvgIpc) is 2.95. The van der Waals surface area contributed by atoms with E-state index in [2.05, 4.69) is 29.2 Å². The molecule has 92 valence electrons. The summed E-state index contributed by atoms with van der Waals surface area (Å²) in [5.74, 6) is 0. The second-order valence-electron chi connectivity index (χ2n) is 5.50. The maximum absolute atomic E-state index is 9.00. The molecule has 1 aromatic rings. The number of rotatable bonds is 3. The molecule has 1 heterocycles. The number of nitrogens with zero attached hydrogens (tertiary/aromatic N) is 1. The molecule has 1 saturated carbocycles. The highest BCUT2D eigenvalue weighted by atomic mass is 16.3. The van der Waals surface area contributed by atoms with Crippen LogP contribution in [0.4, 0.5) is 5.69 Å². The number of hydrogen-bond acceptors (Lipinski definition) is 2. The van der Waals surface area contributed by atoms with Gasteiger partial charge in [0.2, 0.25) is 0 Å². The van der Waals surface area contributed by atoms with E-state index in [4.69, 9.17) is 5.11 Å². The summed E-state index contributed by atoms with van der Waals surface area (Å²) < 4.78 is 0. The normalized spacial score (nSPS) is 21.1. The molecule has 0 atom stereocenters. The van der Waals surface area contributed by atoms with Gasteiger partial charge in [-0.15, -0.1) is 0 Å². The van der Waals surface area contributed by atoms with Gasteiger partial charge in [0.25, 0.3) is 0 Å². The first-order valence-electron chi connectivity index (χ1n) is 6.81. The van der Waals surface area contributed by atoms with E-state index in [1.165, 1.54) is 37.9 Å². The van der Waals surface area contributed by atoms with E-state index >= 15 is 0 Å². The fourth-order valence-electron chi connectivity index (χ4n) is 3.67. The number of hydrogen-bond donors (Lipinski definition) is 1. The molecule has 2 nitrogen and oxygen atoms in total. The molecule has 1 N–H and O–H groups in total. The standard InChI is InChI=1S/C15H21NO/c17-11-5-10-16-12-15(8-3-4-9-15)13-6-1-2-7-14(13)16/h1-2,6-7,17H,3-5,8-12H2. The largest absolute Gasteiger partial charge is 0.396 e. The quantitative estimate of drug-likeness (QED) is 0.864. The third kappa shape index (κ3) is 1.75.